The Balaban J connectivity index is 2.10. The number of benzene rings is 1. The van der Waals surface area contributed by atoms with E-state index in [1.54, 1.807) is 0 Å². The second-order valence-corrected chi connectivity index (χ2v) is 5.03. The number of nitrogens with zero attached hydrogens (tertiary/aromatic N) is 2. The summed E-state index contributed by atoms with van der Waals surface area (Å²) in [5.41, 5.74) is 8.20. The number of para-hydroxylation sites is 2. The number of aromatic nitrogens is 1. The van der Waals surface area contributed by atoms with Gasteiger partial charge in [0.05, 0.1) is 12.3 Å². The average Bonchev–Trinajstić information content (AvgIpc) is 2.69. The van der Waals surface area contributed by atoms with Gasteiger partial charge in [0.15, 0.2) is 0 Å². The van der Waals surface area contributed by atoms with E-state index in [0.717, 1.165) is 42.4 Å². The van der Waals surface area contributed by atoms with Crippen LogP contribution < -0.4 is 15.4 Å². The Hall–Kier alpha value is -2.07. The lowest BCUT2D eigenvalue weighted by molar-refractivity contribution is 0.322. The normalized spacial score (nSPS) is 16.0. The van der Waals surface area contributed by atoms with Crippen LogP contribution in [0.15, 0.2) is 42.6 Å². The molecule has 2 aromatic rings. The van der Waals surface area contributed by atoms with Crippen molar-refractivity contribution in [3.05, 3.63) is 48.2 Å². The van der Waals surface area contributed by atoms with Crippen molar-refractivity contribution in [3.63, 3.8) is 0 Å². The van der Waals surface area contributed by atoms with Crippen molar-refractivity contribution in [1.29, 1.82) is 0 Å². The smallest absolute Gasteiger partial charge is 0.142 e. The van der Waals surface area contributed by atoms with Crippen LogP contribution in [0.3, 0.4) is 0 Å². The van der Waals surface area contributed by atoms with Gasteiger partial charge in [0.2, 0.25) is 0 Å². The van der Waals surface area contributed by atoms with Gasteiger partial charge in [-0.05, 0) is 31.5 Å². The first kappa shape index (κ1) is 12.9. The van der Waals surface area contributed by atoms with E-state index in [1.807, 2.05) is 43.5 Å². The van der Waals surface area contributed by atoms with Crippen molar-refractivity contribution in [2.24, 2.45) is 5.73 Å². The van der Waals surface area contributed by atoms with Crippen LogP contribution in [0.2, 0.25) is 0 Å². The summed E-state index contributed by atoms with van der Waals surface area (Å²) in [5, 5.41) is 0. The largest absolute Gasteiger partial charge is 0.491 e. The van der Waals surface area contributed by atoms with Crippen molar-refractivity contribution in [1.82, 2.24) is 4.98 Å². The Morgan fingerprint density at radius 2 is 2.10 bits per heavy atom. The topological polar surface area (TPSA) is 51.4 Å². The van der Waals surface area contributed by atoms with Gasteiger partial charge in [-0.2, -0.15) is 0 Å². The first-order valence-electron chi connectivity index (χ1n) is 6.97. The molecule has 1 aromatic carbocycles. The zero-order valence-corrected chi connectivity index (χ0v) is 11.6. The summed E-state index contributed by atoms with van der Waals surface area (Å²) < 4.78 is 5.80. The predicted octanol–water partition coefficient (Wildman–Crippen LogP) is 3.02. The minimum atomic E-state index is -0.0463. The third-order valence-electron chi connectivity index (χ3n) is 3.50. The molecule has 4 nitrogen and oxygen atoms in total. The first-order valence-corrected chi connectivity index (χ1v) is 6.97. The van der Waals surface area contributed by atoms with Crippen molar-refractivity contribution in [2.45, 2.75) is 19.4 Å². The van der Waals surface area contributed by atoms with Gasteiger partial charge in [-0.15, -0.1) is 0 Å². The molecule has 1 unspecified atom stereocenters. The monoisotopic (exact) mass is 269 g/mol. The second-order valence-electron chi connectivity index (χ2n) is 5.03. The molecule has 4 heteroatoms. The fourth-order valence-corrected chi connectivity index (χ4v) is 2.54. The standard InChI is InChI=1S/C16H19N3O/c1-12(17)13-6-4-9-18-16(13)19-10-5-11-20-15-8-3-2-7-14(15)19/h2-4,6-9,12H,5,10-11,17H2,1H3. The summed E-state index contributed by atoms with van der Waals surface area (Å²) in [4.78, 5) is 6.76. The number of anilines is 2. The Labute approximate surface area is 119 Å². The van der Waals surface area contributed by atoms with Crippen molar-refractivity contribution in [2.75, 3.05) is 18.1 Å². The molecule has 2 N–H and O–H groups in total. The molecule has 2 heterocycles. The molecule has 0 fully saturated rings. The van der Waals surface area contributed by atoms with Gasteiger partial charge in [0, 0.05) is 24.3 Å². The van der Waals surface area contributed by atoms with Gasteiger partial charge in [-0.25, -0.2) is 4.98 Å². The molecule has 0 spiro atoms. The van der Waals surface area contributed by atoms with Crippen LogP contribution in [-0.4, -0.2) is 18.1 Å². The number of nitrogens with two attached hydrogens (primary N) is 1. The maximum atomic E-state index is 6.08. The van der Waals surface area contributed by atoms with Crippen LogP contribution in [0.5, 0.6) is 5.75 Å². The van der Waals surface area contributed by atoms with Crippen LogP contribution in [-0.2, 0) is 0 Å². The van der Waals surface area contributed by atoms with Crippen molar-refractivity contribution in [3.8, 4) is 5.75 Å². The lowest BCUT2D eigenvalue weighted by Crippen LogP contribution is -2.22. The molecular weight excluding hydrogens is 250 g/mol. The van der Waals surface area contributed by atoms with Crippen molar-refractivity contribution < 1.29 is 4.74 Å². The molecular formula is C16H19N3O. The number of rotatable bonds is 2. The number of hydrogen-bond donors (Lipinski definition) is 1. The summed E-state index contributed by atoms with van der Waals surface area (Å²) in [6.45, 7) is 3.60. The highest BCUT2D eigenvalue weighted by atomic mass is 16.5. The molecule has 0 saturated heterocycles. The van der Waals surface area contributed by atoms with Gasteiger partial charge >= 0.3 is 0 Å². The highest BCUT2D eigenvalue weighted by molar-refractivity contribution is 5.69. The highest BCUT2D eigenvalue weighted by Gasteiger charge is 2.21. The van der Waals surface area contributed by atoms with Gasteiger partial charge in [0.25, 0.3) is 0 Å². The molecule has 0 saturated carbocycles. The molecule has 0 aliphatic carbocycles. The fraction of sp³-hybridized carbons (Fsp3) is 0.312. The molecule has 20 heavy (non-hydrogen) atoms. The summed E-state index contributed by atoms with van der Waals surface area (Å²) in [7, 11) is 0. The van der Waals surface area contributed by atoms with Crippen LogP contribution in [0.25, 0.3) is 0 Å². The lowest BCUT2D eigenvalue weighted by Gasteiger charge is -2.26. The Bertz CT molecular complexity index is 598. The Kier molecular flexibility index (Phi) is 3.56. The zero-order valence-electron chi connectivity index (χ0n) is 11.6. The van der Waals surface area contributed by atoms with E-state index in [1.165, 1.54) is 0 Å². The molecule has 1 atom stereocenters. The lowest BCUT2D eigenvalue weighted by atomic mass is 10.1. The second kappa shape index (κ2) is 5.51. The van der Waals surface area contributed by atoms with E-state index in [4.69, 9.17) is 10.5 Å². The highest BCUT2D eigenvalue weighted by Crippen LogP contribution is 2.37. The minimum absolute atomic E-state index is 0.0463. The van der Waals surface area contributed by atoms with Gasteiger partial charge in [-0.1, -0.05) is 18.2 Å². The SMILES string of the molecule is CC(N)c1cccnc1N1CCCOc2ccccc21. The fourth-order valence-electron chi connectivity index (χ4n) is 2.54. The number of ether oxygens (including phenoxy) is 1. The van der Waals surface area contributed by atoms with E-state index < -0.39 is 0 Å². The quantitative estimate of drug-likeness (QED) is 0.910. The first-order chi connectivity index (χ1) is 9.77. The average molecular weight is 269 g/mol. The van der Waals surface area contributed by atoms with E-state index in [0.29, 0.717) is 0 Å². The molecule has 0 bridgehead atoms. The predicted molar refractivity (Wildman–Crippen MR) is 80.4 cm³/mol. The Morgan fingerprint density at radius 3 is 2.95 bits per heavy atom. The van der Waals surface area contributed by atoms with Crippen LogP contribution in [0, 0.1) is 0 Å². The summed E-state index contributed by atoms with van der Waals surface area (Å²) in [6.07, 6.45) is 2.78. The minimum Gasteiger partial charge on any atom is -0.491 e. The molecule has 1 aliphatic rings. The summed E-state index contributed by atoms with van der Waals surface area (Å²) >= 11 is 0. The third kappa shape index (κ3) is 2.34. The molecule has 1 aliphatic heterocycles. The van der Waals surface area contributed by atoms with E-state index in [2.05, 4.69) is 16.0 Å². The van der Waals surface area contributed by atoms with Gasteiger partial charge < -0.3 is 15.4 Å². The van der Waals surface area contributed by atoms with E-state index in [-0.39, 0.29) is 6.04 Å². The van der Waals surface area contributed by atoms with E-state index in [9.17, 15) is 0 Å². The van der Waals surface area contributed by atoms with Gasteiger partial charge in [0.1, 0.15) is 11.6 Å². The zero-order chi connectivity index (χ0) is 13.9. The maximum absolute atomic E-state index is 6.08. The Morgan fingerprint density at radius 1 is 1.25 bits per heavy atom. The van der Waals surface area contributed by atoms with Crippen LogP contribution in [0.1, 0.15) is 24.9 Å². The molecule has 3 rings (SSSR count). The molecule has 0 amide bonds. The number of fused-ring (bicyclic) bond motifs is 1. The van der Waals surface area contributed by atoms with E-state index >= 15 is 0 Å². The van der Waals surface area contributed by atoms with Crippen LogP contribution >= 0.6 is 0 Å². The number of pyridine rings is 1. The maximum Gasteiger partial charge on any atom is 0.142 e. The molecule has 0 radical (unpaired) electrons. The summed E-state index contributed by atoms with van der Waals surface area (Å²) in [5.74, 6) is 1.84. The third-order valence-corrected chi connectivity index (χ3v) is 3.50. The molecule has 1 aromatic heterocycles. The van der Waals surface area contributed by atoms with Crippen molar-refractivity contribution >= 4 is 11.5 Å². The number of hydrogen-bond acceptors (Lipinski definition) is 4. The van der Waals surface area contributed by atoms with Crippen LogP contribution in [0.4, 0.5) is 11.5 Å². The molecule has 104 valence electrons. The summed E-state index contributed by atoms with van der Waals surface area (Å²) in [6, 6.07) is 12.0. The van der Waals surface area contributed by atoms with Gasteiger partial charge in [-0.3, -0.25) is 0 Å².